The van der Waals surface area contributed by atoms with Gasteiger partial charge >= 0.3 is 0 Å². The van der Waals surface area contributed by atoms with E-state index in [4.69, 9.17) is 11.6 Å². The van der Waals surface area contributed by atoms with E-state index < -0.39 is 0 Å². The second kappa shape index (κ2) is 8.11. The van der Waals surface area contributed by atoms with Gasteiger partial charge in [0.2, 0.25) is 5.91 Å². The number of rotatable bonds is 7. The molecule has 0 atom stereocenters. The van der Waals surface area contributed by atoms with Gasteiger partial charge in [-0.3, -0.25) is 4.79 Å². The molecule has 1 amide bonds. The Kier molecular flexibility index (Phi) is 6.76. The van der Waals surface area contributed by atoms with Gasteiger partial charge in [0.25, 0.3) is 0 Å². The van der Waals surface area contributed by atoms with Crippen molar-refractivity contribution in [2.24, 2.45) is 0 Å². The second-order valence-corrected chi connectivity index (χ2v) is 5.02. The molecule has 0 aliphatic carbocycles. The van der Waals surface area contributed by atoms with Gasteiger partial charge < -0.3 is 10.6 Å². The Morgan fingerprint density at radius 1 is 1.22 bits per heavy atom. The lowest BCUT2D eigenvalue weighted by Gasteiger charge is -2.08. The highest BCUT2D eigenvalue weighted by atomic mass is 35.5. The van der Waals surface area contributed by atoms with Crippen LogP contribution in [0.2, 0.25) is 5.02 Å². The molecule has 0 aliphatic heterocycles. The molecule has 100 valence electrons. The normalized spacial score (nSPS) is 10.7. The SMILES string of the molecule is CC(C)NCCC(=O)NCCc1ccc(Cl)cc1. The van der Waals surface area contributed by atoms with Crippen molar-refractivity contribution in [3.8, 4) is 0 Å². The molecule has 0 unspecified atom stereocenters. The first-order valence-corrected chi connectivity index (χ1v) is 6.70. The topological polar surface area (TPSA) is 41.1 Å². The van der Waals surface area contributed by atoms with Crippen LogP contribution in [0.1, 0.15) is 25.8 Å². The summed E-state index contributed by atoms with van der Waals surface area (Å²) in [6, 6.07) is 8.12. The molecular weight excluding hydrogens is 248 g/mol. The minimum atomic E-state index is 0.0945. The fourth-order valence-corrected chi connectivity index (χ4v) is 1.69. The Hall–Kier alpha value is -1.06. The molecule has 18 heavy (non-hydrogen) atoms. The molecule has 0 spiro atoms. The number of hydrogen-bond acceptors (Lipinski definition) is 2. The summed E-state index contributed by atoms with van der Waals surface area (Å²) in [5.74, 6) is 0.0945. The molecule has 0 bridgehead atoms. The lowest BCUT2D eigenvalue weighted by Crippen LogP contribution is -2.31. The summed E-state index contributed by atoms with van der Waals surface area (Å²) < 4.78 is 0. The van der Waals surface area contributed by atoms with E-state index in [2.05, 4.69) is 24.5 Å². The summed E-state index contributed by atoms with van der Waals surface area (Å²) in [5.41, 5.74) is 1.18. The summed E-state index contributed by atoms with van der Waals surface area (Å²) >= 11 is 5.80. The van der Waals surface area contributed by atoms with Crippen molar-refractivity contribution >= 4 is 17.5 Å². The fraction of sp³-hybridized carbons (Fsp3) is 0.500. The van der Waals surface area contributed by atoms with Gasteiger partial charge in [0.15, 0.2) is 0 Å². The Labute approximate surface area is 114 Å². The largest absolute Gasteiger partial charge is 0.356 e. The lowest BCUT2D eigenvalue weighted by atomic mass is 10.1. The van der Waals surface area contributed by atoms with Crippen LogP contribution in [-0.4, -0.2) is 25.0 Å². The van der Waals surface area contributed by atoms with Gasteiger partial charge in [0.1, 0.15) is 0 Å². The van der Waals surface area contributed by atoms with E-state index in [1.165, 1.54) is 5.56 Å². The maximum atomic E-state index is 11.5. The highest BCUT2D eigenvalue weighted by Gasteiger charge is 2.01. The van der Waals surface area contributed by atoms with Crippen molar-refractivity contribution in [1.29, 1.82) is 0 Å². The predicted octanol–water partition coefficient (Wildman–Crippen LogP) is 2.39. The van der Waals surface area contributed by atoms with E-state index in [-0.39, 0.29) is 5.91 Å². The maximum absolute atomic E-state index is 11.5. The van der Waals surface area contributed by atoms with Crippen LogP contribution in [0.25, 0.3) is 0 Å². The maximum Gasteiger partial charge on any atom is 0.221 e. The monoisotopic (exact) mass is 268 g/mol. The molecule has 0 saturated heterocycles. The summed E-state index contributed by atoms with van der Waals surface area (Å²) in [6.07, 6.45) is 1.36. The first kappa shape index (κ1) is 15.0. The Balaban J connectivity index is 2.13. The number of benzene rings is 1. The van der Waals surface area contributed by atoms with Crippen molar-refractivity contribution in [1.82, 2.24) is 10.6 Å². The third kappa shape index (κ3) is 6.62. The van der Waals surface area contributed by atoms with Crippen LogP contribution in [0.4, 0.5) is 0 Å². The van der Waals surface area contributed by atoms with Crippen molar-refractivity contribution in [2.75, 3.05) is 13.1 Å². The summed E-state index contributed by atoms with van der Waals surface area (Å²) in [7, 11) is 0. The zero-order valence-corrected chi connectivity index (χ0v) is 11.8. The molecule has 1 rings (SSSR count). The average Bonchev–Trinajstić information content (AvgIpc) is 2.31. The molecule has 0 fully saturated rings. The summed E-state index contributed by atoms with van der Waals surface area (Å²) in [6.45, 7) is 5.53. The van der Waals surface area contributed by atoms with Gasteiger partial charge in [-0.1, -0.05) is 37.6 Å². The van der Waals surface area contributed by atoms with Crippen LogP contribution < -0.4 is 10.6 Å². The van der Waals surface area contributed by atoms with Gasteiger partial charge in [0.05, 0.1) is 0 Å². The van der Waals surface area contributed by atoms with E-state index in [1.807, 2.05) is 24.3 Å². The standard InChI is InChI=1S/C14H21ClN2O/c1-11(2)16-10-8-14(18)17-9-7-12-3-5-13(15)6-4-12/h3-6,11,16H,7-10H2,1-2H3,(H,17,18). The molecule has 0 radical (unpaired) electrons. The molecule has 0 heterocycles. The minimum Gasteiger partial charge on any atom is -0.356 e. The fourth-order valence-electron chi connectivity index (χ4n) is 1.56. The van der Waals surface area contributed by atoms with Gasteiger partial charge in [-0.2, -0.15) is 0 Å². The number of nitrogens with one attached hydrogen (secondary N) is 2. The van der Waals surface area contributed by atoms with Crippen molar-refractivity contribution in [3.05, 3.63) is 34.9 Å². The molecular formula is C14H21ClN2O. The summed E-state index contributed by atoms with van der Waals surface area (Å²) in [4.78, 5) is 11.5. The Morgan fingerprint density at radius 3 is 2.50 bits per heavy atom. The second-order valence-electron chi connectivity index (χ2n) is 4.59. The van der Waals surface area contributed by atoms with E-state index >= 15 is 0 Å². The van der Waals surface area contributed by atoms with E-state index in [0.29, 0.717) is 19.0 Å². The molecule has 1 aromatic carbocycles. The average molecular weight is 269 g/mol. The third-order valence-electron chi connectivity index (χ3n) is 2.55. The van der Waals surface area contributed by atoms with Gasteiger partial charge in [-0.25, -0.2) is 0 Å². The van der Waals surface area contributed by atoms with Crippen LogP contribution >= 0.6 is 11.6 Å². The highest BCUT2D eigenvalue weighted by Crippen LogP contribution is 2.09. The lowest BCUT2D eigenvalue weighted by molar-refractivity contribution is -0.120. The predicted molar refractivity (Wildman–Crippen MR) is 75.9 cm³/mol. The molecule has 2 N–H and O–H groups in total. The molecule has 1 aromatic rings. The van der Waals surface area contributed by atoms with Crippen LogP contribution in [0.5, 0.6) is 0 Å². The number of carbonyl (C=O) groups excluding carboxylic acids is 1. The van der Waals surface area contributed by atoms with Gasteiger partial charge in [0, 0.05) is 30.6 Å². The van der Waals surface area contributed by atoms with Crippen LogP contribution in [0.15, 0.2) is 24.3 Å². The van der Waals surface area contributed by atoms with Crippen LogP contribution in [0.3, 0.4) is 0 Å². The molecule has 0 aliphatic rings. The smallest absolute Gasteiger partial charge is 0.221 e. The molecule has 0 aromatic heterocycles. The number of halogens is 1. The zero-order chi connectivity index (χ0) is 13.4. The van der Waals surface area contributed by atoms with E-state index in [9.17, 15) is 4.79 Å². The highest BCUT2D eigenvalue weighted by molar-refractivity contribution is 6.30. The summed E-state index contributed by atoms with van der Waals surface area (Å²) in [5, 5.41) is 6.86. The van der Waals surface area contributed by atoms with Crippen LogP contribution in [-0.2, 0) is 11.2 Å². The van der Waals surface area contributed by atoms with Gasteiger partial charge in [-0.15, -0.1) is 0 Å². The number of hydrogen-bond donors (Lipinski definition) is 2. The molecule has 4 heteroatoms. The van der Waals surface area contributed by atoms with Gasteiger partial charge in [-0.05, 0) is 24.1 Å². The van der Waals surface area contributed by atoms with Crippen molar-refractivity contribution in [3.63, 3.8) is 0 Å². The minimum absolute atomic E-state index is 0.0945. The molecule has 0 saturated carbocycles. The first-order chi connectivity index (χ1) is 8.58. The van der Waals surface area contributed by atoms with Crippen molar-refractivity contribution in [2.45, 2.75) is 32.7 Å². The number of amides is 1. The van der Waals surface area contributed by atoms with E-state index in [0.717, 1.165) is 18.0 Å². The first-order valence-electron chi connectivity index (χ1n) is 6.32. The van der Waals surface area contributed by atoms with Crippen LogP contribution in [0, 0.1) is 0 Å². The quantitative estimate of drug-likeness (QED) is 0.797. The number of carbonyl (C=O) groups is 1. The van der Waals surface area contributed by atoms with Crippen molar-refractivity contribution < 1.29 is 4.79 Å². The van der Waals surface area contributed by atoms with E-state index in [1.54, 1.807) is 0 Å². The Bertz CT molecular complexity index is 363. The Morgan fingerprint density at radius 2 is 1.89 bits per heavy atom. The third-order valence-corrected chi connectivity index (χ3v) is 2.81. The zero-order valence-electron chi connectivity index (χ0n) is 11.0. The molecule has 3 nitrogen and oxygen atoms in total.